The fourth-order valence-corrected chi connectivity index (χ4v) is 0.592. The largest absolute Gasteiger partial charge is 0.447 e. The number of nitrogens with zero attached hydrogens (tertiary/aromatic N) is 1. The fourth-order valence-electron chi connectivity index (χ4n) is 0.592. The highest BCUT2D eigenvalue weighted by Gasteiger charge is 2.05. The number of nitrogens with two attached hydrogens (primary N) is 1. The van der Waals surface area contributed by atoms with E-state index < -0.39 is 0 Å². The maximum absolute atomic E-state index is 5.58. The SMILES string of the molecule is CCC(N)c1ncco1. The molecule has 0 saturated heterocycles. The van der Waals surface area contributed by atoms with Crippen molar-refractivity contribution in [3.8, 4) is 0 Å². The Kier molecular flexibility index (Phi) is 1.85. The molecule has 9 heavy (non-hydrogen) atoms. The summed E-state index contributed by atoms with van der Waals surface area (Å²) in [5.74, 6) is 0.623. The van der Waals surface area contributed by atoms with Crippen LogP contribution in [0.3, 0.4) is 0 Å². The first-order valence-electron chi connectivity index (χ1n) is 2.99. The maximum Gasteiger partial charge on any atom is 0.210 e. The zero-order chi connectivity index (χ0) is 6.69. The van der Waals surface area contributed by atoms with Crippen LogP contribution in [0.25, 0.3) is 0 Å². The van der Waals surface area contributed by atoms with E-state index in [0.717, 1.165) is 6.42 Å². The van der Waals surface area contributed by atoms with Gasteiger partial charge < -0.3 is 10.2 Å². The molecule has 0 radical (unpaired) electrons. The van der Waals surface area contributed by atoms with Crippen LogP contribution in [0.2, 0.25) is 0 Å². The number of aromatic nitrogens is 1. The second kappa shape index (κ2) is 2.64. The van der Waals surface area contributed by atoms with Crippen molar-refractivity contribution in [2.24, 2.45) is 5.73 Å². The lowest BCUT2D eigenvalue weighted by molar-refractivity contribution is 0.444. The first-order valence-corrected chi connectivity index (χ1v) is 2.99. The summed E-state index contributed by atoms with van der Waals surface area (Å²) in [7, 11) is 0. The molecule has 3 nitrogen and oxygen atoms in total. The highest BCUT2D eigenvalue weighted by Crippen LogP contribution is 2.08. The van der Waals surface area contributed by atoms with Gasteiger partial charge in [-0.2, -0.15) is 0 Å². The summed E-state index contributed by atoms with van der Waals surface area (Å²) < 4.78 is 4.95. The minimum Gasteiger partial charge on any atom is -0.447 e. The summed E-state index contributed by atoms with van der Waals surface area (Å²) in [6, 6.07) is -0.0417. The van der Waals surface area contributed by atoms with E-state index in [1.54, 1.807) is 6.20 Å². The first-order chi connectivity index (χ1) is 4.34. The van der Waals surface area contributed by atoms with E-state index in [1.165, 1.54) is 6.26 Å². The molecular formula is C6H10N2O. The minimum absolute atomic E-state index is 0.0417. The second-order valence-corrected chi connectivity index (χ2v) is 1.89. The van der Waals surface area contributed by atoms with Crippen molar-refractivity contribution in [2.75, 3.05) is 0 Å². The first kappa shape index (κ1) is 6.29. The number of rotatable bonds is 2. The molecule has 50 valence electrons. The summed E-state index contributed by atoms with van der Waals surface area (Å²) in [5, 5.41) is 0. The van der Waals surface area contributed by atoms with Crippen LogP contribution in [-0.2, 0) is 0 Å². The second-order valence-electron chi connectivity index (χ2n) is 1.89. The summed E-state index contributed by atoms with van der Waals surface area (Å²) in [6.07, 6.45) is 4.00. The van der Waals surface area contributed by atoms with Crippen molar-refractivity contribution in [1.29, 1.82) is 0 Å². The van der Waals surface area contributed by atoms with Gasteiger partial charge in [0.1, 0.15) is 6.26 Å². The van der Waals surface area contributed by atoms with Crippen LogP contribution in [0.4, 0.5) is 0 Å². The Hall–Kier alpha value is -0.830. The third-order valence-corrected chi connectivity index (χ3v) is 1.21. The Morgan fingerprint density at radius 2 is 2.67 bits per heavy atom. The molecule has 2 N–H and O–H groups in total. The van der Waals surface area contributed by atoms with Crippen molar-refractivity contribution in [1.82, 2.24) is 4.98 Å². The van der Waals surface area contributed by atoms with Gasteiger partial charge in [0, 0.05) is 0 Å². The van der Waals surface area contributed by atoms with E-state index in [2.05, 4.69) is 4.98 Å². The van der Waals surface area contributed by atoms with Crippen LogP contribution in [0.1, 0.15) is 25.3 Å². The van der Waals surface area contributed by atoms with Gasteiger partial charge in [-0.1, -0.05) is 6.92 Å². The Labute approximate surface area is 53.9 Å². The Balaban J connectivity index is 2.65. The van der Waals surface area contributed by atoms with E-state index in [0.29, 0.717) is 5.89 Å². The molecule has 0 amide bonds. The fraction of sp³-hybridized carbons (Fsp3) is 0.500. The third kappa shape index (κ3) is 1.29. The molecule has 1 heterocycles. The van der Waals surface area contributed by atoms with Crippen LogP contribution in [-0.4, -0.2) is 4.98 Å². The maximum atomic E-state index is 5.58. The topological polar surface area (TPSA) is 52.0 Å². The average Bonchev–Trinajstić information content (AvgIpc) is 2.37. The molecule has 0 aliphatic carbocycles. The monoisotopic (exact) mass is 126 g/mol. The standard InChI is InChI=1S/C6H10N2O/c1-2-5(7)6-8-3-4-9-6/h3-5H,2,7H2,1H3. The van der Waals surface area contributed by atoms with Crippen molar-refractivity contribution in [3.63, 3.8) is 0 Å². The molecule has 0 aliphatic rings. The smallest absolute Gasteiger partial charge is 0.210 e. The van der Waals surface area contributed by atoms with Crippen LogP contribution < -0.4 is 5.73 Å². The molecule has 0 bridgehead atoms. The Bertz CT molecular complexity index is 160. The summed E-state index contributed by atoms with van der Waals surface area (Å²) >= 11 is 0. The van der Waals surface area contributed by atoms with Crippen molar-refractivity contribution >= 4 is 0 Å². The van der Waals surface area contributed by atoms with Gasteiger partial charge in [-0.15, -0.1) is 0 Å². The molecule has 0 fully saturated rings. The molecule has 1 aromatic rings. The van der Waals surface area contributed by atoms with Crippen LogP contribution in [0.5, 0.6) is 0 Å². The summed E-state index contributed by atoms with van der Waals surface area (Å²) in [6.45, 7) is 1.99. The lowest BCUT2D eigenvalue weighted by Crippen LogP contribution is -2.08. The average molecular weight is 126 g/mol. The van der Waals surface area contributed by atoms with Gasteiger partial charge in [0.2, 0.25) is 5.89 Å². The summed E-state index contributed by atoms with van der Waals surface area (Å²) in [5.41, 5.74) is 5.58. The normalized spacial score (nSPS) is 13.6. The molecule has 1 unspecified atom stereocenters. The van der Waals surface area contributed by atoms with Crippen molar-refractivity contribution in [3.05, 3.63) is 18.4 Å². The lowest BCUT2D eigenvalue weighted by Gasteiger charge is -1.99. The van der Waals surface area contributed by atoms with E-state index >= 15 is 0 Å². The van der Waals surface area contributed by atoms with E-state index in [9.17, 15) is 0 Å². The number of hydrogen-bond donors (Lipinski definition) is 1. The zero-order valence-electron chi connectivity index (χ0n) is 5.37. The van der Waals surface area contributed by atoms with Gasteiger partial charge in [-0.25, -0.2) is 4.98 Å². The number of hydrogen-bond acceptors (Lipinski definition) is 3. The molecule has 0 spiro atoms. The highest BCUT2D eigenvalue weighted by molar-refractivity contribution is 4.86. The lowest BCUT2D eigenvalue weighted by atomic mass is 10.2. The van der Waals surface area contributed by atoms with Gasteiger partial charge in [0.15, 0.2) is 0 Å². The molecular weight excluding hydrogens is 116 g/mol. The number of oxazole rings is 1. The molecule has 0 aromatic carbocycles. The summed E-state index contributed by atoms with van der Waals surface area (Å²) in [4.78, 5) is 3.90. The van der Waals surface area contributed by atoms with Gasteiger partial charge >= 0.3 is 0 Å². The molecule has 0 aliphatic heterocycles. The Morgan fingerprint density at radius 3 is 3.11 bits per heavy atom. The van der Waals surface area contributed by atoms with E-state index in [-0.39, 0.29) is 6.04 Å². The molecule has 0 saturated carbocycles. The van der Waals surface area contributed by atoms with E-state index in [1.807, 2.05) is 6.92 Å². The van der Waals surface area contributed by atoms with Gasteiger partial charge in [0.25, 0.3) is 0 Å². The minimum atomic E-state index is -0.0417. The van der Waals surface area contributed by atoms with Gasteiger partial charge in [0.05, 0.1) is 12.2 Å². The van der Waals surface area contributed by atoms with Crippen molar-refractivity contribution in [2.45, 2.75) is 19.4 Å². The molecule has 1 atom stereocenters. The Morgan fingerprint density at radius 1 is 1.89 bits per heavy atom. The van der Waals surface area contributed by atoms with Crippen LogP contribution in [0, 0.1) is 0 Å². The highest BCUT2D eigenvalue weighted by atomic mass is 16.3. The molecule has 1 rings (SSSR count). The molecule has 1 aromatic heterocycles. The van der Waals surface area contributed by atoms with Crippen LogP contribution >= 0.6 is 0 Å². The van der Waals surface area contributed by atoms with E-state index in [4.69, 9.17) is 10.2 Å². The predicted octanol–water partition coefficient (Wildman–Crippen LogP) is 1.08. The van der Waals surface area contributed by atoms with Crippen LogP contribution in [0.15, 0.2) is 16.9 Å². The predicted molar refractivity (Wildman–Crippen MR) is 33.7 cm³/mol. The van der Waals surface area contributed by atoms with Gasteiger partial charge in [-0.3, -0.25) is 0 Å². The quantitative estimate of drug-likeness (QED) is 0.645. The third-order valence-electron chi connectivity index (χ3n) is 1.21. The molecule has 3 heteroatoms. The van der Waals surface area contributed by atoms with Crippen molar-refractivity contribution < 1.29 is 4.42 Å². The van der Waals surface area contributed by atoms with Gasteiger partial charge in [-0.05, 0) is 6.42 Å². The zero-order valence-corrected chi connectivity index (χ0v) is 5.37.